The molecule has 0 bridgehead atoms. The number of halogens is 2. The fourth-order valence-corrected chi connectivity index (χ4v) is 3.08. The number of piperazine rings is 1. The fourth-order valence-electron chi connectivity index (χ4n) is 2.91. The van der Waals surface area contributed by atoms with Gasteiger partial charge in [-0.3, -0.25) is 5.10 Å². The standard InChI is InChI=1S/C12H13ClFN5O.C2H6/c1-18-2-3-19-6(4-18)5-20-12-7-9(16-17-11(7)19)8(14)10(13)15-12;1-2/h6H,2-5H2,1H3,(H,16,17);1-2H3/t6-;/m0./s1. The first-order valence-electron chi connectivity index (χ1n) is 7.46. The van der Waals surface area contributed by atoms with Gasteiger partial charge >= 0.3 is 0 Å². The Hall–Kier alpha value is -1.60. The zero-order valence-electron chi connectivity index (χ0n) is 12.9. The van der Waals surface area contributed by atoms with Crippen molar-refractivity contribution in [2.75, 3.05) is 38.2 Å². The predicted octanol–water partition coefficient (Wildman–Crippen LogP) is 2.29. The Bertz CT molecular complexity index is 691. The molecule has 0 aromatic carbocycles. The van der Waals surface area contributed by atoms with Crippen molar-refractivity contribution in [1.82, 2.24) is 20.1 Å². The average Bonchev–Trinajstić information content (AvgIpc) is 2.91. The summed E-state index contributed by atoms with van der Waals surface area (Å²) < 4.78 is 19.8. The number of H-pyrrole nitrogens is 1. The van der Waals surface area contributed by atoms with E-state index >= 15 is 0 Å². The van der Waals surface area contributed by atoms with E-state index < -0.39 is 5.82 Å². The summed E-state index contributed by atoms with van der Waals surface area (Å²) >= 11 is 5.80. The molecular weight excluding hydrogens is 309 g/mol. The van der Waals surface area contributed by atoms with Crippen LogP contribution in [0.5, 0.6) is 5.88 Å². The van der Waals surface area contributed by atoms with Crippen molar-refractivity contribution in [3.8, 4) is 5.88 Å². The van der Waals surface area contributed by atoms with Gasteiger partial charge in [-0.05, 0) is 7.05 Å². The zero-order chi connectivity index (χ0) is 15.9. The number of pyridine rings is 1. The Morgan fingerprint density at radius 1 is 1.36 bits per heavy atom. The highest BCUT2D eigenvalue weighted by Gasteiger charge is 2.34. The van der Waals surface area contributed by atoms with Gasteiger partial charge < -0.3 is 14.5 Å². The number of hydrogen-bond acceptors (Lipinski definition) is 5. The summed E-state index contributed by atoms with van der Waals surface area (Å²) in [6, 6.07) is 0.177. The molecule has 0 amide bonds. The Kier molecular flexibility index (Phi) is 4.10. The van der Waals surface area contributed by atoms with Gasteiger partial charge in [-0.1, -0.05) is 25.4 Å². The van der Waals surface area contributed by atoms with Gasteiger partial charge in [0.25, 0.3) is 0 Å². The second-order valence-electron chi connectivity index (χ2n) is 5.24. The first kappa shape index (κ1) is 15.3. The number of aromatic amines is 1. The molecule has 2 aliphatic rings. The minimum absolute atomic E-state index is 0.177. The highest BCUT2D eigenvalue weighted by molar-refractivity contribution is 6.30. The van der Waals surface area contributed by atoms with Crippen LogP contribution >= 0.6 is 11.6 Å². The lowest BCUT2D eigenvalue weighted by atomic mass is 10.2. The molecule has 1 saturated heterocycles. The monoisotopic (exact) mass is 327 g/mol. The van der Waals surface area contributed by atoms with Gasteiger partial charge in [-0.25, -0.2) is 4.39 Å². The van der Waals surface area contributed by atoms with Gasteiger partial charge in [-0.2, -0.15) is 10.1 Å². The summed E-state index contributed by atoms with van der Waals surface area (Å²) in [6.07, 6.45) is 0. The molecule has 0 unspecified atom stereocenters. The molecule has 4 rings (SSSR count). The van der Waals surface area contributed by atoms with Crippen LogP contribution in [0.1, 0.15) is 13.8 Å². The predicted molar refractivity (Wildman–Crippen MR) is 84.3 cm³/mol. The number of likely N-dealkylation sites (N-methyl/N-ethyl adjacent to an activating group) is 1. The third-order valence-corrected chi connectivity index (χ3v) is 4.18. The van der Waals surface area contributed by atoms with Gasteiger partial charge in [0.15, 0.2) is 16.8 Å². The van der Waals surface area contributed by atoms with Crippen molar-refractivity contribution >= 4 is 28.3 Å². The van der Waals surface area contributed by atoms with Gasteiger partial charge in [-0.15, -0.1) is 0 Å². The van der Waals surface area contributed by atoms with E-state index in [0.717, 1.165) is 19.6 Å². The average molecular weight is 328 g/mol. The van der Waals surface area contributed by atoms with Crippen LogP contribution in [0.25, 0.3) is 10.9 Å². The first-order valence-corrected chi connectivity index (χ1v) is 7.84. The molecule has 4 heterocycles. The van der Waals surface area contributed by atoms with Crippen molar-refractivity contribution in [3.63, 3.8) is 0 Å². The molecule has 22 heavy (non-hydrogen) atoms. The summed E-state index contributed by atoms with van der Waals surface area (Å²) in [6.45, 7) is 7.13. The van der Waals surface area contributed by atoms with Crippen LogP contribution in [0.15, 0.2) is 0 Å². The maximum atomic E-state index is 14.0. The summed E-state index contributed by atoms with van der Waals surface area (Å²) in [4.78, 5) is 8.41. The Balaban J connectivity index is 0.000000693. The van der Waals surface area contributed by atoms with Crippen molar-refractivity contribution < 1.29 is 9.13 Å². The van der Waals surface area contributed by atoms with E-state index in [2.05, 4.69) is 32.0 Å². The van der Waals surface area contributed by atoms with Crippen LogP contribution in [-0.4, -0.2) is 59.4 Å². The van der Waals surface area contributed by atoms with Gasteiger partial charge in [0.2, 0.25) is 5.88 Å². The maximum absolute atomic E-state index is 14.0. The largest absolute Gasteiger partial charge is 0.475 e. The van der Waals surface area contributed by atoms with E-state index in [1.807, 2.05) is 13.8 Å². The van der Waals surface area contributed by atoms with Gasteiger partial charge in [0, 0.05) is 19.6 Å². The Labute approximate surface area is 133 Å². The van der Waals surface area contributed by atoms with Crippen LogP contribution in [-0.2, 0) is 0 Å². The summed E-state index contributed by atoms with van der Waals surface area (Å²) in [5.74, 6) is 0.473. The van der Waals surface area contributed by atoms with Crippen LogP contribution in [0.2, 0.25) is 5.15 Å². The van der Waals surface area contributed by atoms with E-state index in [9.17, 15) is 4.39 Å². The SMILES string of the molecule is CC.CN1CCN2c3n[nH]c4c(F)c(Cl)nc(c34)OC[C@@H]2C1. The second-order valence-corrected chi connectivity index (χ2v) is 5.60. The minimum atomic E-state index is -0.583. The lowest BCUT2D eigenvalue weighted by Crippen LogP contribution is -2.54. The first-order chi connectivity index (χ1) is 10.6. The Morgan fingerprint density at radius 3 is 2.91 bits per heavy atom. The molecule has 2 aromatic heterocycles. The third-order valence-electron chi connectivity index (χ3n) is 3.93. The summed E-state index contributed by atoms with van der Waals surface area (Å²) in [7, 11) is 2.07. The molecule has 0 spiro atoms. The van der Waals surface area contributed by atoms with Crippen LogP contribution in [0, 0.1) is 5.82 Å². The molecule has 0 aliphatic carbocycles. The number of ether oxygens (including phenoxy) is 1. The highest BCUT2D eigenvalue weighted by Crippen LogP contribution is 2.38. The summed E-state index contributed by atoms with van der Waals surface area (Å²) in [5.41, 5.74) is 0.259. The molecule has 1 atom stereocenters. The van der Waals surface area contributed by atoms with Crippen molar-refractivity contribution in [2.45, 2.75) is 19.9 Å². The molecule has 0 saturated carbocycles. The number of hydrogen-bond donors (Lipinski definition) is 1. The number of fused-ring (bicyclic) bond motifs is 2. The molecule has 2 aliphatic heterocycles. The van der Waals surface area contributed by atoms with Crippen LogP contribution < -0.4 is 9.64 Å². The maximum Gasteiger partial charge on any atom is 0.228 e. The van der Waals surface area contributed by atoms with Crippen molar-refractivity contribution in [3.05, 3.63) is 11.0 Å². The third kappa shape index (κ3) is 2.28. The number of aromatic nitrogens is 3. The Morgan fingerprint density at radius 2 is 2.14 bits per heavy atom. The van der Waals surface area contributed by atoms with Crippen LogP contribution in [0.3, 0.4) is 0 Å². The molecular formula is C14H19ClFN5O. The van der Waals surface area contributed by atoms with E-state index in [1.54, 1.807) is 0 Å². The quantitative estimate of drug-likeness (QED) is 0.752. The molecule has 6 nitrogen and oxygen atoms in total. The van der Waals surface area contributed by atoms with Crippen molar-refractivity contribution in [1.29, 1.82) is 0 Å². The fraction of sp³-hybridized carbons (Fsp3) is 0.571. The number of nitrogens with zero attached hydrogens (tertiary/aromatic N) is 4. The molecule has 120 valence electrons. The molecule has 1 fully saturated rings. The van der Waals surface area contributed by atoms with E-state index in [-0.39, 0.29) is 16.7 Å². The minimum Gasteiger partial charge on any atom is -0.475 e. The number of rotatable bonds is 0. The smallest absolute Gasteiger partial charge is 0.228 e. The van der Waals surface area contributed by atoms with E-state index in [4.69, 9.17) is 16.3 Å². The lowest BCUT2D eigenvalue weighted by Gasteiger charge is -2.38. The van der Waals surface area contributed by atoms with E-state index in [0.29, 0.717) is 23.7 Å². The second kappa shape index (κ2) is 5.89. The molecule has 8 heteroatoms. The topological polar surface area (TPSA) is 57.3 Å². The lowest BCUT2D eigenvalue weighted by molar-refractivity contribution is 0.204. The van der Waals surface area contributed by atoms with Gasteiger partial charge in [0.05, 0.1) is 6.04 Å². The zero-order valence-corrected chi connectivity index (χ0v) is 13.6. The molecule has 1 N–H and O–H groups in total. The normalized spacial score (nSPS) is 20.8. The van der Waals surface area contributed by atoms with Crippen molar-refractivity contribution in [2.24, 2.45) is 0 Å². The number of anilines is 1. The summed E-state index contributed by atoms with van der Waals surface area (Å²) in [5, 5.41) is 7.36. The van der Waals surface area contributed by atoms with Gasteiger partial charge in [0.1, 0.15) is 17.5 Å². The molecule has 2 aromatic rings. The van der Waals surface area contributed by atoms with E-state index in [1.165, 1.54) is 0 Å². The van der Waals surface area contributed by atoms with Crippen LogP contribution in [0.4, 0.5) is 10.2 Å². The highest BCUT2D eigenvalue weighted by atomic mass is 35.5. The number of nitrogens with one attached hydrogen (secondary N) is 1. The molecule has 0 radical (unpaired) electrons.